The van der Waals surface area contributed by atoms with E-state index >= 15 is 0 Å². The van der Waals surface area contributed by atoms with E-state index in [2.05, 4.69) is 6.07 Å². The molecule has 0 heterocycles. The van der Waals surface area contributed by atoms with Crippen molar-refractivity contribution < 1.29 is 0 Å². The third-order valence-corrected chi connectivity index (χ3v) is 3.67. The maximum absolute atomic E-state index is 9.31. The number of halogens is 3. The van der Waals surface area contributed by atoms with Crippen LogP contribution in [0.4, 0.5) is 0 Å². The number of hydrogen-bond donors (Lipinski definition) is 0. The number of rotatable bonds is 3. The first-order chi connectivity index (χ1) is 9.10. The summed E-state index contributed by atoms with van der Waals surface area (Å²) in [5.74, 6) is -0.280. The van der Waals surface area contributed by atoms with Gasteiger partial charge in [-0.05, 0) is 41.8 Å². The highest BCUT2D eigenvalue weighted by molar-refractivity contribution is 6.35. The second-order valence-electron chi connectivity index (χ2n) is 4.18. The Morgan fingerprint density at radius 2 is 1.74 bits per heavy atom. The lowest BCUT2D eigenvalue weighted by molar-refractivity contribution is 0.849. The van der Waals surface area contributed by atoms with Crippen molar-refractivity contribution in [3.05, 3.63) is 68.7 Å². The fraction of sp³-hybridized carbons (Fsp3) is 0.133. The molecule has 4 heteroatoms. The molecule has 0 N–H and O–H groups in total. The van der Waals surface area contributed by atoms with Crippen LogP contribution in [-0.2, 0) is 6.42 Å². The molecule has 0 bridgehead atoms. The van der Waals surface area contributed by atoms with Gasteiger partial charge in [-0.1, -0.05) is 53.0 Å². The van der Waals surface area contributed by atoms with Gasteiger partial charge in [0.25, 0.3) is 0 Å². The first-order valence-corrected chi connectivity index (χ1v) is 6.82. The largest absolute Gasteiger partial charge is 0.198 e. The van der Waals surface area contributed by atoms with E-state index in [-0.39, 0.29) is 5.92 Å². The molecule has 0 aliphatic heterocycles. The number of benzene rings is 2. The summed E-state index contributed by atoms with van der Waals surface area (Å²) < 4.78 is 0. The zero-order valence-electron chi connectivity index (χ0n) is 9.91. The van der Waals surface area contributed by atoms with Crippen molar-refractivity contribution in [3.8, 4) is 6.07 Å². The van der Waals surface area contributed by atoms with Gasteiger partial charge in [-0.2, -0.15) is 5.26 Å². The Morgan fingerprint density at radius 1 is 1.00 bits per heavy atom. The van der Waals surface area contributed by atoms with Crippen LogP contribution in [0, 0.1) is 11.3 Å². The second kappa shape index (κ2) is 6.30. The van der Waals surface area contributed by atoms with Crippen molar-refractivity contribution in [1.29, 1.82) is 5.26 Å². The van der Waals surface area contributed by atoms with E-state index in [0.717, 1.165) is 11.1 Å². The Bertz CT molecular complexity index is 632. The molecule has 0 saturated heterocycles. The molecule has 0 aliphatic carbocycles. The number of nitrogens with zero attached hydrogens (tertiary/aromatic N) is 1. The van der Waals surface area contributed by atoms with Crippen LogP contribution in [0.3, 0.4) is 0 Å². The van der Waals surface area contributed by atoms with Crippen molar-refractivity contribution in [2.24, 2.45) is 0 Å². The Kier molecular flexibility index (Phi) is 4.71. The van der Waals surface area contributed by atoms with Crippen molar-refractivity contribution in [2.45, 2.75) is 12.3 Å². The molecule has 1 nitrogen and oxygen atoms in total. The minimum Gasteiger partial charge on any atom is -0.198 e. The molecule has 0 spiro atoms. The van der Waals surface area contributed by atoms with Crippen molar-refractivity contribution in [2.75, 3.05) is 0 Å². The van der Waals surface area contributed by atoms with E-state index < -0.39 is 0 Å². The van der Waals surface area contributed by atoms with Crippen LogP contribution in [0.5, 0.6) is 0 Å². The van der Waals surface area contributed by atoms with E-state index in [9.17, 15) is 5.26 Å². The van der Waals surface area contributed by atoms with E-state index in [0.29, 0.717) is 21.5 Å². The summed E-state index contributed by atoms with van der Waals surface area (Å²) in [5, 5.41) is 11.1. The fourth-order valence-corrected chi connectivity index (χ4v) is 2.55. The Labute approximate surface area is 127 Å². The van der Waals surface area contributed by atoms with Gasteiger partial charge in [0, 0.05) is 15.1 Å². The zero-order chi connectivity index (χ0) is 13.8. The van der Waals surface area contributed by atoms with Gasteiger partial charge in [-0.3, -0.25) is 0 Å². The Hall–Kier alpha value is -1.20. The van der Waals surface area contributed by atoms with Gasteiger partial charge in [-0.15, -0.1) is 0 Å². The van der Waals surface area contributed by atoms with Gasteiger partial charge in [0.05, 0.1) is 12.0 Å². The van der Waals surface area contributed by atoms with Gasteiger partial charge < -0.3 is 0 Å². The van der Waals surface area contributed by atoms with Crippen molar-refractivity contribution in [1.82, 2.24) is 0 Å². The number of hydrogen-bond acceptors (Lipinski definition) is 1. The molecule has 96 valence electrons. The average molecular weight is 311 g/mol. The molecule has 0 radical (unpaired) electrons. The molecule has 0 saturated carbocycles. The quantitative estimate of drug-likeness (QED) is 0.734. The van der Waals surface area contributed by atoms with E-state index in [1.54, 1.807) is 24.3 Å². The predicted molar refractivity (Wildman–Crippen MR) is 80.0 cm³/mol. The highest BCUT2D eigenvalue weighted by atomic mass is 35.5. The summed E-state index contributed by atoms with van der Waals surface area (Å²) in [4.78, 5) is 0. The highest BCUT2D eigenvalue weighted by Gasteiger charge is 2.14. The lowest BCUT2D eigenvalue weighted by atomic mass is 9.93. The molecule has 2 aromatic rings. The minimum absolute atomic E-state index is 0.280. The molecule has 0 aromatic heterocycles. The molecule has 1 unspecified atom stereocenters. The number of nitriles is 1. The smallest absolute Gasteiger partial charge is 0.0754 e. The molecule has 0 aliphatic rings. The van der Waals surface area contributed by atoms with E-state index in [1.165, 1.54) is 0 Å². The third-order valence-electron chi connectivity index (χ3n) is 2.85. The van der Waals surface area contributed by atoms with Crippen molar-refractivity contribution in [3.63, 3.8) is 0 Å². The second-order valence-corrected chi connectivity index (χ2v) is 5.46. The summed E-state index contributed by atoms with van der Waals surface area (Å²) in [6.07, 6.45) is 0.535. The Morgan fingerprint density at radius 3 is 2.37 bits per heavy atom. The van der Waals surface area contributed by atoms with Crippen molar-refractivity contribution >= 4 is 34.8 Å². The lowest BCUT2D eigenvalue weighted by Crippen LogP contribution is -2.01. The summed E-state index contributed by atoms with van der Waals surface area (Å²) in [5.41, 5.74) is 1.79. The van der Waals surface area contributed by atoms with Gasteiger partial charge in [0.1, 0.15) is 0 Å². The fourth-order valence-electron chi connectivity index (χ4n) is 1.87. The topological polar surface area (TPSA) is 23.8 Å². The first-order valence-electron chi connectivity index (χ1n) is 5.69. The SMILES string of the molecule is N#CC(Cc1ccc(Cl)cc1Cl)c1cccc(Cl)c1. The maximum atomic E-state index is 9.31. The molecule has 0 amide bonds. The van der Waals surface area contributed by atoms with Gasteiger partial charge in [-0.25, -0.2) is 0 Å². The third kappa shape index (κ3) is 3.64. The van der Waals surface area contributed by atoms with Crippen LogP contribution in [0.1, 0.15) is 17.0 Å². The van der Waals surface area contributed by atoms with E-state index in [4.69, 9.17) is 34.8 Å². The molecular formula is C15H10Cl3N. The summed E-state index contributed by atoms with van der Waals surface area (Å²) >= 11 is 17.9. The molecular weight excluding hydrogens is 301 g/mol. The molecule has 2 rings (SSSR count). The standard InChI is InChI=1S/C15H10Cl3N/c16-13-3-1-2-10(7-13)12(9-19)6-11-4-5-14(17)8-15(11)18/h1-5,7-8,12H,6H2. The molecule has 0 fully saturated rings. The molecule has 2 aromatic carbocycles. The van der Waals surface area contributed by atoms with Gasteiger partial charge in [0.15, 0.2) is 0 Å². The lowest BCUT2D eigenvalue weighted by Gasteiger charge is -2.11. The highest BCUT2D eigenvalue weighted by Crippen LogP contribution is 2.28. The Balaban J connectivity index is 2.27. The minimum atomic E-state index is -0.280. The van der Waals surface area contributed by atoms with E-state index in [1.807, 2.05) is 18.2 Å². The maximum Gasteiger partial charge on any atom is 0.0754 e. The molecule has 1 atom stereocenters. The van der Waals surface area contributed by atoms with Crippen LogP contribution in [-0.4, -0.2) is 0 Å². The average Bonchev–Trinajstić information content (AvgIpc) is 2.38. The van der Waals surface area contributed by atoms with Gasteiger partial charge in [0.2, 0.25) is 0 Å². The summed E-state index contributed by atoms with van der Waals surface area (Å²) in [6, 6.07) is 14.9. The molecule has 19 heavy (non-hydrogen) atoms. The van der Waals surface area contributed by atoms with Crippen LogP contribution >= 0.6 is 34.8 Å². The normalized spacial score (nSPS) is 11.9. The predicted octanol–water partition coefficient (Wildman–Crippen LogP) is 5.50. The summed E-state index contributed by atoms with van der Waals surface area (Å²) in [7, 11) is 0. The van der Waals surface area contributed by atoms with Crippen LogP contribution in [0.25, 0.3) is 0 Å². The van der Waals surface area contributed by atoms with Gasteiger partial charge >= 0.3 is 0 Å². The first kappa shape index (κ1) is 14.2. The monoisotopic (exact) mass is 309 g/mol. The van der Waals surface area contributed by atoms with Crippen LogP contribution < -0.4 is 0 Å². The summed E-state index contributed by atoms with van der Waals surface area (Å²) in [6.45, 7) is 0. The zero-order valence-corrected chi connectivity index (χ0v) is 12.2. The van der Waals surface area contributed by atoms with Crippen LogP contribution in [0.15, 0.2) is 42.5 Å². The van der Waals surface area contributed by atoms with Crippen LogP contribution in [0.2, 0.25) is 15.1 Å².